The molecule has 4 nitrogen and oxygen atoms in total. The lowest BCUT2D eigenvalue weighted by Gasteiger charge is -2.24. The van der Waals surface area contributed by atoms with Gasteiger partial charge in [0.05, 0.1) is 0 Å². The molecule has 31 heavy (non-hydrogen) atoms. The maximum absolute atomic E-state index is 13.2. The second-order valence-electron chi connectivity index (χ2n) is 8.40. The molecule has 2 N–H and O–H groups in total. The summed E-state index contributed by atoms with van der Waals surface area (Å²) in [6, 6.07) is 23.4. The van der Waals surface area contributed by atoms with Crippen LogP contribution < -0.4 is 10.6 Å². The van der Waals surface area contributed by atoms with Gasteiger partial charge in [-0.3, -0.25) is 9.59 Å². The quantitative estimate of drug-likeness (QED) is 0.516. The summed E-state index contributed by atoms with van der Waals surface area (Å²) in [5.41, 5.74) is 1.89. The molecule has 0 heterocycles. The Morgan fingerprint density at radius 3 is 2.39 bits per heavy atom. The minimum Gasteiger partial charge on any atom is -0.354 e. The molecular weight excluding hydrogens is 384 g/mol. The Morgan fingerprint density at radius 1 is 0.871 bits per heavy atom. The average Bonchev–Trinajstić information content (AvgIpc) is 3.35. The van der Waals surface area contributed by atoms with E-state index in [1.54, 1.807) is 0 Å². The van der Waals surface area contributed by atoms with E-state index in [4.69, 9.17) is 0 Å². The normalized spacial score (nSPS) is 15.0. The lowest BCUT2D eigenvalue weighted by atomic mass is 9.96. The molecule has 1 atom stereocenters. The summed E-state index contributed by atoms with van der Waals surface area (Å²) in [7, 11) is 0. The van der Waals surface area contributed by atoms with Crippen molar-refractivity contribution >= 4 is 22.6 Å². The molecule has 160 valence electrons. The van der Waals surface area contributed by atoms with Crippen LogP contribution in [-0.2, 0) is 11.2 Å². The number of nitrogens with one attached hydrogen (secondary N) is 2. The Kier molecular flexibility index (Phi) is 6.98. The van der Waals surface area contributed by atoms with Crippen LogP contribution in [0.5, 0.6) is 0 Å². The summed E-state index contributed by atoms with van der Waals surface area (Å²) >= 11 is 0. The van der Waals surface area contributed by atoms with E-state index in [0.717, 1.165) is 49.3 Å². The molecule has 1 fully saturated rings. The highest BCUT2D eigenvalue weighted by Gasteiger charge is 2.32. The Bertz CT molecular complexity index is 1020. The van der Waals surface area contributed by atoms with Gasteiger partial charge in [0, 0.05) is 12.1 Å². The zero-order valence-corrected chi connectivity index (χ0v) is 17.8. The van der Waals surface area contributed by atoms with Gasteiger partial charge >= 0.3 is 0 Å². The highest BCUT2D eigenvalue weighted by molar-refractivity contribution is 6.08. The van der Waals surface area contributed by atoms with E-state index >= 15 is 0 Å². The van der Waals surface area contributed by atoms with Gasteiger partial charge in [0.15, 0.2) is 0 Å². The molecule has 1 aliphatic carbocycles. The number of aryl methyl sites for hydroxylation is 1. The van der Waals surface area contributed by atoms with Crippen LogP contribution in [0.3, 0.4) is 0 Å². The lowest BCUT2D eigenvalue weighted by molar-refractivity contribution is -0.124. The first-order valence-electron chi connectivity index (χ1n) is 11.3. The van der Waals surface area contributed by atoms with Gasteiger partial charge in [-0.2, -0.15) is 0 Å². The minimum atomic E-state index is -0.481. The fourth-order valence-electron chi connectivity index (χ4n) is 4.59. The largest absolute Gasteiger partial charge is 0.354 e. The van der Waals surface area contributed by atoms with E-state index in [0.29, 0.717) is 12.1 Å². The summed E-state index contributed by atoms with van der Waals surface area (Å²) in [6.45, 7) is 0.612. The van der Waals surface area contributed by atoms with Crippen molar-refractivity contribution in [2.75, 3.05) is 6.54 Å². The summed E-state index contributed by atoms with van der Waals surface area (Å²) in [4.78, 5) is 26.2. The van der Waals surface area contributed by atoms with Gasteiger partial charge in [-0.05, 0) is 54.0 Å². The van der Waals surface area contributed by atoms with E-state index < -0.39 is 6.04 Å². The zero-order chi connectivity index (χ0) is 21.5. The SMILES string of the molecule is O=C(NC(C(=O)NCCCc1ccccc1)C1CCCC1)c1cccc2ccccc12. The monoisotopic (exact) mass is 414 g/mol. The van der Waals surface area contributed by atoms with Crippen LogP contribution in [0.15, 0.2) is 72.8 Å². The first-order valence-corrected chi connectivity index (χ1v) is 11.3. The third kappa shape index (κ3) is 5.32. The van der Waals surface area contributed by atoms with Crippen molar-refractivity contribution in [2.45, 2.75) is 44.6 Å². The molecule has 1 saturated carbocycles. The number of carbonyl (C=O) groups is 2. The average molecular weight is 415 g/mol. The topological polar surface area (TPSA) is 58.2 Å². The molecule has 3 aromatic rings. The highest BCUT2D eigenvalue weighted by Crippen LogP contribution is 2.28. The third-order valence-electron chi connectivity index (χ3n) is 6.26. The second kappa shape index (κ2) is 10.3. The van der Waals surface area contributed by atoms with E-state index in [1.807, 2.05) is 60.7 Å². The van der Waals surface area contributed by atoms with Gasteiger partial charge in [-0.25, -0.2) is 0 Å². The smallest absolute Gasteiger partial charge is 0.252 e. The number of fused-ring (bicyclic) bond motifs is 1. The molecule has 1 unspecified atom stereocenters. The van der Waals surface area contributed by atoms with E-state index in [1.165, 1.54) is 5.56 Å². The van der Waals surface area contributed by atoms with E-state index in [-0.39, 0.29) is 17.7 Å². The molecule has 0 aliphatic heterocycles. The first kappa shape index (κ1) is 21.1. The lowest BCUT2D eigenvalue weighted by Crippen LogP contribution is -2.50. The first-order chi connectivity index (χ1) is 15.2. The predicted molar refractivity (Wildman–Crippen MR) is 125 cm³/mol. The Labute approximate surface area is 184 Å². The summed E-state index contributed by atoms with van der Waals surface area (Å²) in [6.07, 6.45) is 6.01. The number of carbonyl (C=O) groups excluding carboxylic acids is 2. The van der Waals surface area contributed by atoms with Crippen LogP contribution in [0.1, 0.15) is 48.0 Å². The van der Waals surface area contributed by atoms with Crippen LogP contribution in [0, 0.1) is 5.92 Å². The van der Waals surface area contributed by atoms with Crippen LogP contribution in [0.4, 0.5) is 0 Å². The Balaban J connectivity index is 1.41. The summed E-state index contributed by atoms with van der Waals surface area (Å²) in [5.74, 6) is -0.0327. The zero-order valence-electron chi connectivity index (χ0n) is 17.8. The van der Waals surface area contributed by atoms with Crippen molar-refractivity contribution in [3.05, 3.63) is 83.9 Å². The Morgan fingerprint density at radius 2 is 1.58 bits per heavy atom. The van der Waals surface area contributed by atoms with Crippen LogP contribution >= 0.6 is 0 Å². The molecule has 0 aromatic heterocycles. The number of hydrogen-bond donors (Lipinski definition) is 2. The molecule has 1 aliphatic rings. The fraction of sp³-hybridized carbons (Fsp3) is 0.333. The fourth-order valence-corrected chi connectivity index (χ4v) is 4.59. The molecule has 0 bridgehead atoms. The van der Waals surface area contributed by atoms with Crippen molar-refractivity contribution in [2.24, 2.45) is 5.92 Å². The van der Waals surface area contributed by atoms with Crippen molar-refractivity contribution in [3.63, 3.8) is 0 Å². The van der Waals surface area contributed by atoms with E-state index in [9.17, 15) is 9.59 Å². The molecule has 2 amide bonds. The van der Waals surface area contributed by atoms with Crippen molar-refractivity contribution in [1.82, 2.24) is 10.6 Å². The molecule has 0 spiro atoms. The molecule has 0 radical (unpaired) electrons. The van der Waals surface area contributed by atoms with Gasteiger partial charge in [-0.15, -0.1) is 0 Å². The third-order valence-corrected chi connectivity index (χ3v) is 6.26. The number of benzene rings is 3. The van der Waals surface area contributed by atoms with E-state index in [2.05, 4.69) is 22.8 Å². The van der Waals surface area contributed by atoms with Gasteiger partial charge in [-0.1, -0.05) is 79.6 Å². The number of rotatable bonds is 8. The molecular formula is C27H30N2O2. The van der Waals surface area contributed by atoms with Crippen molar-refractivity contribution < 1.29 is 9.59 Å². The molecule has 0 saturated heterocycles. The van der Waals surface area contributed by atoms with Crippen LogP contribution in [0.25, 0.3) is 10.8 Å². The number of hydrogen-bond acceptors (Lipinski definition) is 2. The second-order valence-corrected chi connectivity index (χ2v) is 8.40. The Hall–Kier alpha value is -3.14. The molecule has 3 aromatic carbocycles. The van der Waals surface area contributed by atoms with Crippen LogP contribution in [-0.4, -0.2) is 24.4 Å². The highest BCUT2D eigenvalue weighted by atomic mass is 16.2. The van der Waals surface area contributed by atoms with Crippen molar-refractivity contribution in [3.8, 4) is 0 Å². The van der Waals surface area contributed by atoms with Gasteiger partial charge < -0.3 is 10.6 Å². The maximum atomic E-state index is 13.2. The van der Waals surface area contributed by atoms with Gasteiger partial charge in [0.25, 0.3) is 5.91 Å². The number of amides is 2. The minimum absolute atomic E-state index is 0.0615. The predicted octanol–water partition coefficient (Wildman–Crippen LogP) is 4.88. The summed E-state index contributed by atoms with van der Waals surface area (Å²) < 4.78 is 0. The summed E-state index contributed by atoms with van der Waals surface area (Å²) in [5, 5.41) is 8.08. The maximum Gasteiger partial charge on any atom is 0.252 e. The standard InChI is InChI=1S/C27H30N2O2/c30-26(24-18-8-16-21-13-6-7-17-23(21)24)29-25(22-14-4-5-15-22)27(31)28-19-9-12-20-10-2-1-3-11-20/h1-3,6-8,10-11,13,16-18,22,25H,4-5,9,12,14-15,19H2,(H,28,31)(H,29,30). The molecule has 4 rings (SSSR count). The molecule has 4 heteroatoms. The van der Waals surface area contributed by atoms with Crippen molar-refractivity contribution in [1.29, 1.82) is 0 Å². The van der Waals surface area contributed by atoms with Crippen LogP contribution in [0.2, 0.25) is 0 Å². The van der Waals surface area contributed by atoms with Gasteiger partial charge in [0.2, 0.25) is 5.91 Å². The van der Waals surface area contributed by atoms with Gasteiger partial charge in [0.1, 0.15) is 6.04 Å².